The van der Waals surface area contributed by atoms with Gasteiger partial charge in [0.15, 0.2) is 0 Å². The molecular weight excluding hydrogens is 394 g/mol. The van der Waals surface area contributed by atoms with Crippen molar-refractivity contribution >= 4 is 33.3 Å². The number of ether oxygens (including phenoxy) is 1. The van der Waals surface area contributed by atoms with Crippen LogP contribution in [-0.4, -0.2) is 17.1 Å². The maximum absolute atomic E-state index is 5.32. The number of pyridine rings is 1. The van der Waals surface area contributed by atoms with E-state index in [0.717, 1.165) is 46.5 Å². The van der Waals surface area contributed by atoms with Crippen molar-refractivity contribution in [2.24, 2.45) is 0 Å². The Kier molecular flexibility index (Phi) is 6.71. The zero-order valence-corrected chi connectivity index (χ0v) is 18.9. The number of hydrogen-bond donors (Lipinski definition) is 2. The van der Waals surface area contributed by atoms with Crippen LogP contribution in [0.5, 0.6) is 5.75 Å². The fourth-order valence-electron chi connectivity index (χ4n) is 3.85. The Hall–Kier alpha value is -3.79. The highest BCUT2D eigenvalue weighted by Gasteiger charge is 2.08. The monoisotopic (exact) mass is 423 g/mol. The normalized spacial score (nSPS) is 10.6. The molecule has 3 aromatic carbocycles. The minimum atomic E-state index is 0.823. The summed E-state index contributed by atoms with van der Waals surface area (Å²) in [7, 11) is 1.67. The number of methoxy groups -OCH3 is 1. The predicted octanol–water partition coefficient (Wildman–Crippen LogP) is 7.28. The first-order chi connectivity index (χ1) is 15.8. The molecule has 4 heteroatoms. The van der Waals surface area contributed by atoms with Gasteiger partial charge in [0.1, 0.15) is 11.4 Å². The van der Waals surface area contributed by atoms with Gasteiger partial charge >= 0.3 is 0 Å². The maximum Gasteiger partial charge on any atom is 0.138 e. The Labute approximate surface area is 189 Å². The molecule has 2 N–H and O–H groups in total. The van der Waals surface area contributed by atoms with E-state index in [1.807, 2.05) is 44.3 Å². The standard InChI is InChI=1S/C26H23N3O.C2H6/c1-30-22-9-5-8-20(15-22)28-21-16-24-23-14-19(11-10-18-6-3-2-4-7-18)12-13-25(23)29-26(24)27-17-21;1-2/h2-9,12-17,28H,10-11H2,1H3,(H,27,29);1-2H3. The van der Waals surface area contributed by atoms with Crippen molar-refractivity contribution in [3.05, 3.63) is 96.2 Å². The lowest BCUT2D eigenvalue weighted by molar-refractivity contribution is 0.415. The van der Waals surface area contributed by atoms with Crippen molar-refractivity contribution in [1.82, 2.24) is 9.97 Å². The number of nitrogens with one attached hydrogen (secondary N) is 2. The third-order valence-corrected chi connectivity index (χ3v) is 5.42. The molecule has 5 aromatic rings. The zero-order chi connectivity index (χ0) is 22.3. The van der Waals surface area contributed by atoms with Crippen LogP contribution in [0.3, 0.4) is 0 Å². The van der Waals surface area contributed by atoms with Crippen molar-refractivity contribution in [2.75, 3.05) is 12.4 Å². The summed E-state index contributed by atoms with van der Waals surface area (Å²) in [6.45, 7) is 4.00. The summed E-state index contributed by atoms with van der Waals surface area (Å²) in [4.78, 5) is 8.06. The second kappa shape index (κ2) is 10.0. The topological polar surface area (TPSA) is 49.9 Å². The summed E-state index contributed by atoms with van der Waals surface area (Å²) in [5.74, 6) is 0.823. The number of aromatic amines is 1. The van der Waals surface area contributed by atoms with Gasteiger partial charge in [-0.15, -0.1) is 0 Å². The first-order valence-corrected chi connectivity index (χ1v) is 11.1. The molecule has 0 bridgehead atoms. The van der Waals surface area contributed by atoms with Gasteiger partial charge in [0, 0.05) is 28.0 Å². The van der Waals surface area contributed by atoms with E-state index in [-0.39, 0.29) is 0 Å². The quantitative estimate of drug-likeness (QED) is 0.302. The van der Waals surface area contributed by atoms with Gasteiger partial charge < -0.3 is 15.0 Å². The predicted molar refractivity (Wildman–Crippen MR) is 135 cm³/mol. The van der Waals surface area contributed by atoms with Gasteiger partial charge in [-0.1, -0.05) is 56.3 Å². The fourth-order valence-corrected chi connectivity index (χ4v) is 3.85. The lowest BCUT2D eigenvalue weighted by atomic mass is 10.0. The summed E-state index contributed by atoms with van der Waals surface area (Å²) >= 11 is 0. The molecular formula is C28H29N3O. The molecule has 0 radical (unpaired) electrons. The van der Waals surface area contributed by atoms with Crippen LogP contribution in [0.1, 0.15) is 25.0 Å². The van der Waals surface area contributed by atoms with Gasteiger partial charge in [-0.25, -0.2) is 4.98 Å². The molecule has 2 heterocycles. The average molecular weight is 424 g/mol. The van der Waals surface area contributed by atoms with Crippen molar-refractivity contribution in [3.8, 4) is 5.75 Å². The summed E-state index contributed by atoms with van der Waals surface area (Å²) in [6, 6.07) is 27.3. The molecule has 0 unspecified atom stereocenters. The summed E-state index contributed by atoms with van der Waals surface area (Å²) < 4.78 is 5.32. The van der Waals surface area contributed by atoms with Gasteiger partial charge in [0.25, 0.3) is 0 Å². The molecule has 4 nitrogen and oxygen atoms in total. The van der Waals surface area contributed by atoms with E-state index < -0.39 is 0 Å². The lowest BCUT2D eigenvalue weighted by Gasteiger charge is -2.08. The molecule has 0 aliphatic heterocycles. The van der Waals surface area contributed by atoms with Crippen LogP contribution in [0.25, 0.3) is 21.9 Å². The minimum Gasteiger partial charge on any atom is -0.497 e. The molecule has 32 heavy (non-hydrogen) atoms. The van der Waals surface area contributed by atoms with Crippen molar-refractivity contribution in [1.29, 1.82) is 0 Å². The number of rotatable bonds is 6. The first kappa shape index (κ1) is 21.4. The van der Waals surface area contributed by atoms with Gasteiger partial charge in [0.2, 0.25) is 0 Å². The third kappa shape index (κ3) is 4.75. The van der Waals surface area contributed by atoms with Crippen LogP contribution >= 0.6 is 0 Å². The van der Waals surface area contributed by atoms with Gasteiger partial charge in [-0.2, -0.15) is 0 Å². The van der Waals surface area contributed by atoms with Gasteiger partial charge in [0.05, 0.1) is 19.0 Å². The van der Waals surface area contributed by atoms with Gasteiger partial charge in [-0.3, -0.25) is 0 Å². The number of benzene rings is 3. The zero-order valence-electron chi connectivity index (χ0n) is 18.9. The molecule has 0 amide bonds. The van der Waals surface area contributed by atoms with E-state index in [2.05, 4.69) is 69.9 Å². The number of aryl methyl sites for hydroxylation is 2. The van der Waals surface area contributed by atoms with Crippen LogP contribution in [0.15, 0.2) is 85.1 Å². The van der Waals surface area contributed by atoms with Crippen LogP contribution in [0, 0.1) is 0 Å². The fraction of sp³-hybridized carbons (Fsp3) is 0.179. The number of hydrogen-bond acceptors (Lipinski definition) is 3. The number of aromatic nitrogens is 2. The molecule has 0 atom stereocenters. The average Bonchev–Trinajstić information content (AvgIpc) is 3.22. The number of fused-ring (bicyclic) bond motifs is 3. The highest BCUT2D eigenvalue weighted by atomic mass is 16.5. The molecule has 5 rings (SSSR count). The van der Waals surface area contributed by atoms with E-state index in [1.165, 1.54) is 16.5 Å². The summed E-state index contributed by atoms with van der Waals surface area (Å²) in [5.41, 5.74) is 6.63. The maximum atomic E-state index is 5.32. The van der Waals surface area contributed by atoms with E-state index in [4.69, 9.17) is 4.74 Å². The Bertz CT molecular complexity index is 1310. The third-order valence-electron chi connectivity index (χ3n) is 5.42. The molecule has 0 aliphatic carbocycles. The van der Waals surface area contributed by atoms with Crippen LogP contribution < -0.4 is 10.1 Å². The van der Waals surface area contributed by atoms with E-state index in [0.29, 0.717) is 0 Å². The van der Waals surface area contributed by atoms with E-state index in [9.17, 15) is 0 Å². The van der Waals surface area contributed by atoms with Crippen molar-refractivity contribution in [2.45, 2.75) is 26.7 Å². The van der Waals surface area contributed by atoms with Crippen molar-refractivity contribution in [3.63, 3.8) is 0 Å². The number of H-pyrrole nitrogens is 1. The Morgan fingerprint density at radius 3 is 2.41 bits per heavy atom. The Balaban J connectivity index is 0.00000119. The molecule has 2 aromatic heterocycles. The van der Waals surface area contributed by atoms with E-state index >= 15 is 0 Å². The molecule has 0 aliphatic rings. The first-order valence-electron chi connectivity index (χ1n) is 11.1. The molecule has 0 spiro atoms. The Morgan fingerprint density at radius 2 is 1.59 bits per heavy atom. The highest BCUT2D eigenvalue weighted by Crippen LogP contribution is 2.29. The minimum absolute atomic E-state index is 0.823. The van der Waals surface area contributed by atoms with Gasteiger partial charge in [-0.05, 0) is 54.3 Å². The molecule has 0 saturated carbocycles. The summed E-state index contributed by atoms with van der Waals surface area (Å²) in [6.07, 6.45) is 3.91. The van der Waals surface area contributed by atoms with Crippen LogP contribution in [-0.2, 0) is 12.8 Å². The van der Waals surface area contributed by atoms with E-state index in [1.54, 1.807) is 7.11 Å². The largest absolute Gasteiger partial charge is 0.497 e. The Morgan fingerprint density at radius 1 is 0.781 bits per heavy atom. The van der Waals surface area contributed by atoms with Crippen LogP contribution in [0.2, 0.25) is 0 Å². The second-order valence-corrected chi connectivity index (χ2v) is 7.47. The SMILES string of the molecule is CC.COc1cccc(Nc2cnc3[nH]c4ccc(CCc5ccccc5)cc4c3c2)c1. The smallest absolute Gasteiger partial charge is 0.138 e. The summed E-state index contributed by atoms with van der Waals surface area (Å²) in [5, 5.41) is 5.76. The van der Waals surface area contributed by atoms with Crippen molar-refractivity contribution < 1.29 is 4.74 Å². The molecule has 162 valence electrons. The molecule has 0 saturated heterocycles. The van der Waals surface area contributed by atoms with Crippen LogP contribution in [0.4, 0.5) is 11.4 Å². The second-order valence-electron chi connectivity index (χ2n) is 7.47. The molecule has 0 fully saturated rings. The number of anilines is 2. The number of nitrogens with zero attached hydrogens (tertiary/aromatic N) is 1. The lowest BCUT2D eigenvalue weighted by Crippen LogP contribution is -1.92. The highest BCUT2D eigenvalue weighted by molar-refractivity contribution is 6.07.